The molecule has 0 aromatic carbocycles. The Balaban J connectivity index is 2.02. The number of carboxylic acid groups (broad SMARTS) is 1. The molecule has 9 heteroatoms. The second-order valence-corrected chi connectivity index (χ2v) is 4.15. The number of tetrazole rings is 1. The van der Waals surface area contributed by atoms with Crippen molar-refractivity contribution in [1.82, 2.24) is 35.2 Å². The average Bonchev–Trinajstić information content (AvgIpc) is 2.96. The third-order valence-corrected chi connectivity index (χ3v) is 2.55. The van der Waals surface area contributed by atoms with Crippen LogP contribution in [0.15, 0.2) is 6.20 Å². The SMILES string of the molecule is CCCCn1nnnc1Cn1cc(CC(=O)O)nn1. The summed E-state index contributed by atoms with van der Waals surface area (Å²) in [7, 11) is 0. The molecule has 0 atom stereocenters. The molecule has 0 aliphatic carbocycles. The van der Waals surface area contributed by atoms with E-state index in [4.69, 9.17) is 5.11 Å². The van der Waals surface area contributed by atoms with Crippen LogP contribution < -0.4 is 0 Å². The highest BCUT2D eigenvalue weighted by molar-refractivity contribution is 5.69. The first-order chi connectivity index (χ1) is 9.19. The van der Waals surface area contributed by atoms with Gasteiger partial charge in [-0.15, -0.1) is 10.2 Å². The van der Waals surface area contributed by atoms with Crippen molar-refractivity contribution in [1.29, 1.82) is 0 Å². The fraction of sp³-hybridized carbons (Fsp3) is 0.600. The molecule has 0 saturated heterocycles. The van der Waals surface area contributed by atoms with Crippen LogP contribution in [-0.2, 0) is 24.3 Å². The maximum Gasteiger partial charge on any atom is 0.309 e. The Labute approximate surface area is 109 Å². The molecule has 0 saturated carbocycles. The normalized spacial score (nSPS) is 10.8. The molecule has 9 nitrogen and oxygen atoms in total. The third kappa shape index (κ3) is 3.57. The Kier molecular flexibility index (Phi) is 4.16. The van der Waals surface area contributed by atoms with Gasteiger partial charge >= 0.3 is 5.97 Å². The summed E-state index contributed by atoms with van der Waals surface area (Å²) in [5.41, 5.74) is 0.417. The molecule has 0 aliphatic rings. The number of hydrogen-bond donors (Lipinski definition) is 1. The van der Waals surface area contributed by atoms with Crippen LogP contribution in [0.2, 0.25) is 0 Å². The van der Waals surface area contributed by atoms with Crippen LogP contribution in [0.3, 0.4) is 0 Å². The number of hydrogen-bond acceptors (Lipinski definition) is 6. The number of aliphatic carboxylic acids is 1. The van der Waals surface area contributed by atoms with Gasteiger partial charge in [-0.2, -0.15) is 0 Å². The molecule has 0 aliphatic heterocycles. The maximum absolute atomic E-state index is 10.6. The number of rotatable bonds is 7. The Morgan fingerprint density at radius 2 is 2.21 bits per heavy atom. The summed E-state index contributed by atoms with van der Waals surface area (Å²) >= 11 is 0. The van der Waals surface area contributed by atoms with E-state index in [-0.39, 0.29) is 6.42 Å². The van der Waals surface area contributed by atoms with E-state index in [1.54, 1.807) is 10.9 Å². The molecule has 1 N–H and O–H groups in total. The molecule has 0 amide bonds. The molecule has 0 fully saturated rings. The van der Waals surface area contributed by atoms with Gasteiger partial charge in [0.1, 0.15) is 6.54 Å². The van der Waals surface area contributed by atoms with Gasteiger partial charge in [0.05, 0.1) is 12.1 Å². The smallest absolute Gasteiger partial charge is 0.309 e. The zero-order valence-corrected chi connectivity index (χ0v) is 10.6. The summed E-state index contributed by atoms with van der Waals surface area (Å²) in [5, 5.41) is 27.8. The average molecular weight is 265 g/mol. The molecule has 19 heavy (non-hydrogen) atoms. The molecule has 102 valence electrons. The van der Waals surface area contributed by atoms with Crippen LogP contribution in [-0.4, -0.2) is 46.3 Å². The molecule has 2 aromatic rings. The summed E-state index contributed by atoms with van der Waals surface area (Å²) in [5.74, 6) is -0.250. The highest BCUT2D eigenvalue weighted by Crippen LogP contribution is 2.01. The minimum atomic E-state index is -0.931. The van der Waals surface area contributed by atoms with Gasteiger partial charge in [0, 0.05) is 12.7 Å². The molecule has 2 rings (SSSR count). The highest BCUT2D eigenvalue weighted by Gasteiger charge is 2.10. The van der Waals surface area contributed by atoms with Gasteiger partial charge in [-0.3, -0.25) is 4.79 Å². The molecule has 0 radical (unpaired) electrons. The van der Waals surface area contributed by atoms with Crippen LogP contribution >= 0.6 is 0 Å². The van der Waals surface area contributed by atoms with Crippen molar-refractivity contribution in [2.45, 2.75) is 39.3 Å². The van der Waals surface area contributed by atoms with Crippen molar-refractivity contribution in [2.24, 2.45) is 0 Å². The predicted molar refractivity (Wildman–Crippen MR) is 63.2 cm³/mol. The van der Waals surface area contributed by atoms with Crippen molar-refractivity contribution < 1.29 is 9.90 Å². The first-order valence-electron chi connectivity index (χ1n) is 6.05. The molecular formula is C10H15N7O2. The minimum Gasteiger partial charge on any atom is -0.481 e. The van der Waals surface area contributed by atoms with Gasteiger partial charge in [0.25, 0.3) is 0 Å². The van der Waals surface area contributed by atoms with Crippen LogP contribution in [0.5, 0.6) is 0 Å². The van der Waals surface area contributed by atoms with E-state index in [0.717, 1.165) is 19.4 Å². The molecule has 0 unspecified atom stereocenters. The Morgan fingerprint density at radius 3 is 2.95 bits per heavy atom. The number of carboxylic acids is 1. The van der Waals surface area contributed by atoms with Gasteiger partial charge in [0.15, 0.2) is 5.82 Å². The fourth-order valence-corrected chi connectivity index (χ4v) is 1.61. The lowest BCUT2D eigenvalue weighted by molar-refractivity contribution is -0.136. The number of aromatic nitrogens is 7. The Morgan fingerprint density at radius 1 is 1.37 bits per heavy atom. The van der Waals surface area contributed by atoms with Crippen molar-refractivity contribution >= 4 is 5.97 Å². The van der Waals surface area contributed by atoms with E-state index < -0.39 is 5.97 Å². The van der Waals surface area contributed by atoms with Crippen LogP contribution in [0.1, 0.15) is 31.3 Å². The minimum absolute atomic E-state index is 0.138. The summed E-state index contributed by atoms with van der Waals surface area (Å²) in [6.07, 6.45) is 3.51. The lowest BCUT2D eigenvalue weighted by Crippen LogP contribution is -2.10. The number of unbranched alkanes of at least 4 members (excludes halogenated alkanes) is 1. The largest absolute Gasteiger partial charge is 0.481 e. The quantitative estimate of drug-likeness (QED) is 0.733. The molecule has 0 spiro atoms. The van der Waals surface area contributed by atoms with Crippen molar-refractivity contribution in [3.05, 3.63) is 17.7 Å². The highest BCUT2D eigenvalue weighted by atomic mass is 16.4. The van der Waals surface area contributed by atoms with E-state index in [9.17, 15) is 4.79 Å². The van der Waals surface area contributed by atoms with Gasteiger partial charge in [-0.05, 0) is 16.8 Å². The summed E-state index contributed by atoms with van der Waals surface area (Å²) in [6.45, 7) is 3.23. The first-order valence-corrected chi connectivity index (χ1v) is 6.05. The van der Waals surface area contributed by atoms with Gasteiger partial charge in [0.2, 0.25) is 0 Å². The van der Waals surface area contributed by atoms with Gasteiger partial charge in [-0.25, -0.2) is 9.36 Å². The van der Waals surface area contributed by atoms with E-state index in [1.165, 1.54) is 4.68 Å². The second kappa shape index (κ2) is 6.03. The predicted octanol–water partition coefficient (Wildman–Crippen LogP) is -0.260. The molecular weight excluding hydrogens is 250 g/mol. The van der Waals surface area contributed by atoms with E-state index in [2.05, 4.69) is 32.8 Å². The fourth-order valence-electron chi connectivity index (χ4n) is 1.61. The van der Waals surface area contributed by atoms with E-state index >= 15 is 0 Å². The standard InChI is InChI=1S/C10H15N7O2/c1-2-3-4-17-9(12-13-15-17)7-16-6-8(11-14-16)5-10(18)19/h6H,2-5,7H2,1H3,(H,18,19). The topological polar surface area (TPSA) is 112 Å². The molecule has 2 heterocycles. The van der Waals surface area contributed by atoms with Crippen LogP contribution in [0, 0.1) is 0 Å². The van der Waals surface area contributed by atoms with E-state index in [0.29, 0.717) is 18.1 Å². The monoisotopic (exact) mass is 265 g/mol. The summed E-state index contributed by atoms with van der Waals surface area (Å²) < 4.78 is 3.26. The Bertz CT molecular complexity index is 548. The molecule has 0 bridgehead atoms. The summed E-state index contributed by atoms with van der Waals surface area (Å²) in [4.78, 5) is 10.6. The zero-order valence-electron chi connectivity index (χ0n) is 10.6. The first kappa shape index (κ1) is 13.1. The summed E-state index contributed by atoms with van der Waals surface area (Å²) in [6, 6.07) is 0. The number of carbonyl (C=O) groups is 1. The van der Waals surface area contributed by atoms with Gasteiger partial charge < -0.3 is 5.11 Å². The number of aryl methyl sites for hydroxylation is 1. The van der Waals surface area contributed by atoms with Crippen LogP contribution in [0.25, 0.3) is 0 Å². The zero-order chi connectivity index (χ0) is 13.7. The van der Waals surface area contributed by atoms with Crippen molar-refractivity contribution in [3.8, 4) is 0 Å². The number of nitrogens with zero attached hydrogens (tertiary/aromatic N) is 7. The lowest BCUT2D eigenvalue weighted by Gasteiger charge is -2.02. The van der Waals surface area contributed by atoms with Crippen molar-refractivity contribution in [2.75, 3.05) is 0 Å². The van der Waals surface area contributed by atoms with Crippen LogP contribution in [0.4, 0.5) is 0 Å². The van der Waals surface area contributed by atoms with Gasteiger partial charge in [-0.1, -0.05) is 18.6 Å². The maximum atomic E-state index is 10.6. The van der Waals surface area contributed by atoms with Crippen molar-refractivity contribution in [3.63, 3.8) is 0 Å². The Hall–Kier alpha value is -2.32. The molecule has 2 aromatic heterocycles. The lowest BCUT2D eigenvalue weighted by atomic mass is 10.3. The third-order valence-electron chi connectivity index (χ3n) is 2.55. The second-order valence-electron chi connectivity index (χ2n) is 4.15. The van der Waals surface area contributed by atoms with E-state index in [1.807, 2.05) is 0 Å².